The molecule has 1 aromatic carbocycles. The van der Waals surface area contributed by atoms with Crippen LogP contribution in [0, 0.1) is 5.82 Å². The van der Waals surface area contributed by atoms with Crippen LogP contribution in [-0.2, 0) is 0 Å². The average molecular weight is 252 g/mol. The number of carbonyl (C=O) groups is 1. The highest BCUT2D eigenvalue weighted by molar-refractivity contribution is 9.10. The maximum absolute atomic E-state index is 12.5. The van der Waals surface area contributed by atoms with Crippen molar-refractivity contribution in [3.05, 3.63) is 28.5 Å². The Morgan fingerprint density at radius 1 is 1.58 bits per heavy atom. The molecule has 0 aliphatic carbocycles. The fourth-order valence-corrected chi connectivity index (χ4v) is 1.25. The van der Waals surface area contributed by atoms with Gasteiger partial charge in [0.05, 0.1) is 5.69 Å². The molecule has 0 radical (unpaired) electrons. The van der Waals surface area contributed by atoms with Crippen molar-refractivity contribution in [2.24, 2.45) is 0 Å². The summed E-state index contributed by atoms with van der Waals surface area (Å²) in [5, 5.41) is 1.61. The van der Waals surface area contributed by atoms with Crippen molar-refractivity contribution in [1.29, 1.82) is 0 Å². The third kappa shape index (κ3) is 2.46. The Balaban J connectivity index is 2.93. The van der Waals surface area contributed by atoms with E-state index in [1.807, 2.05) is 0 Å². The highest BCUT2D eigenvalue weighted by atomic mass is 79.9. The molecule has 0 atom stereocenters. The van der Waals surface area contributed by atoms with Gasteiger partial charge in [-0.25, -0.2) is 4.39 Å². The molecule has 12 heavy (non-hydrogen) atoms. The number of hydrogen-bond acceptors (Lipinski definition) is 1. The highest BCUT2D eigenvalue weighted by Gasteiger charge is 2.02. The fourth-order valence-electron chi connectivity index (χ4n) is 0.697. The van der Waals surface area contributed by atoms with Crippen LogP contribution in [0.15, 0.2) is 22.7 Å². The van der Waals surface area contributed by atoms with Gasteiger partial charge in [0.2, 0.25) is 0 Å². The summed E-state index contributed by atoms with van der Waals surface area (Å²) in [5.74, 6) is -0.380. The summed E-state index contributed by atoms with van der Waals surface area (Å²) < 4.78 is 13.0. The maximum atomic E-state index is 12.5. The standard InChI is InChI=1S/C7H4BrClFNO/c8-5-3-4(10)1-2-6(5)11-7(9)12/h1-3H,(H,11,12). The quantitative estimate of drug-likeness (QED) is 0.603. The molecule has 1 N–H and O–H groups in total. The summed E-state index contributed by atoms with van der Waals surface area (Å²) in [4.78, 5) is 10.4. The van der Waals surface area contributed by atoms with Gasteiger partial charge in [0.15, 0.2) is 0 Å². The lowest BCUT2D eigenvalue weighted by molar-refractivity contribution is 0.269. The number of benzene rings is 1. The van der Waals surface area contributed by atoms with E-state index in [1.165, 1.54) is 18.2 Å². The van der Waals surface area contributed by atoms with Crippen LogP contribution in [0.5, 0.6) is 0 Å². The van der Waals surface area contributed by atoms with Crippen LogP contribution in [0.3, 0.4) is 0 Å². The maximum Gasteiger partial charge on any atom is 0.318 e. The van der Waals surface area contributed by atoms with Gasteiger partial charge in [-0.3, -0.25) is 4.79 Å². The van der Waals surface area contributed by atoms with Gasteiger partial charge in [-0.05, 0) is 45.7 Å². The molecule has 1 amide bonds. The molecule has 5 heteroatoms. The zero-order valence-electron chi connectivity index (χ0n) is 5.77. The van der Waals surface area contributed by atoms with Crippen LogP contribution < -0.4 is 5.32 Å². The Morgan fingerprint density at radius 3 is 2.75 bits per heavy atom. The van der Waals surface area contributed by atoms with Crippen molar-refractivity contribution in [3.63, 3.8) is 0 Å². The van der Waals surface area contributed by atoms with Gasteiger partial charge in [0.25, 0.3) is 0 Å². The molecule has 0 unspecified atom stereocenters. The highest BCUT2D eigenvalue weighted by Crippen LogP contribution is 2.23. The molecule has 0 saturated heterocycles. The van der Waals surface area contributed by atoms with Crippen molar-refractivity contribution in [2.45, 2.75) is 0 Å². The first-order valence-corrected chi connectivity index (χ1v) is 4.18. The van der Waals surface area contributed by atoms with E-state index in [9.17, 15) is 9.18 Å². The first-order chi connectivity index (χ1) is 5.59. The van der Waals surface area contributed by atoms with E-state index in [2.05, 4.69) is 21.2 Å². The molecule has 1 rings (SSSR count). The lowest BCUT2D eigenvalue weighted by Gasteiger charge is -2.02. The second kappa shape index (κ2) is 3.87. The van der Waals surface area contributed by atoms with Crippen molar-refractivity contribution in [3.8, 4) is 0 Å². The largest absolute Gasteiger partial charge is 0.318 e. The minimum absolute atomic E-state index is 0.380. The molecule has 0 saturated carbocycles. The van der Waals surface area contributed by atoms with E-state index in [4.69, 9.17) is 11.6 Å². The van der Waals surface area contributed by atoms with Crippen LogP contribution in [-0.4, -0.2) is 5.37 Å². The number of amides is 1. The number of rotatable bonds is 1. The summed E-state index contributed by atoms with van der Waals surface area (Å²) >= 11 is 8.12. The number of halogens is 3. The topological polar surface area (TPSA) is 29.1 Å². The Bertz CT molecular complexity index is 318. The van der Waals surface area contributed by atoms with Gasteiger partial charge in [-0.15, -0.1) is 0 Å². The molecule has 0 spiro atoms. The van der Waals surface area contributed by atoms with Crippen LogP contribution in [0.25, 0.3) is 0 Å². The molecule has 0 bridgehead atoms. The number of hydrogen-bond donors (Lipinski definition) is 1. The van der Waals surface area contributed by atoms with Crippen molar-refractivity contribution in [1.82, 2.24) is 0 Å². The second-order valence-electron chi connectivity index (χ2n) is 2.02. The molecule has 64 valence electrons. The lowest BCUT2D eigenvalue weighted by Crippen LogP contribution is -2.01. The molecular formula is C7H4BrClFNO. The molecule has 1 aromatic rings. The van der Waals surface area contributed by atoms with Crippen molar-refractivity contribution in [2.75, 3.05) is 5.32 Å². The summed E-state index contributed by atoms with van der Waals surface area (Å²) in [7, 11) is 0. The van der Waals surface area contributed by atoms with E-state index in [1.54, 1.807) is 0 Å². The van der Waals surface area contributed by atoms with Crippen LogP contribution in [0.4, 0.5) is 14.9 Å². The molecule has 2 nitrogen and oxygen atoms in total. The van der Waals surface area contributed by atoms with Gasteiger partial charge in [-0.1, -0.05) is 0 Å². The Morgan fingerprint density at radius 2 is 2.25 bits per heavy atom. The zero-order chi connectivity index (χ0) is 9.14. The zero-order valence-corrected chi connectivity index (χ0v) is 8.12. The van der Waals surface area contributed by atoms with Crippen LogP contribution in [0.1, 0.15) is 0 Å². The predicted molar refractivity (Wildman–Crippen MR) is 49.0 cm³/mol. The van der Waals surface area contributed by atoms with E-state index in [-0.39, 0.29) is 5.82 Å². The first kappa shape index (κ1) is 9.48. The SMILES string of the molecule is O=C(Cl)Nc1ccc(F)cc1Br. The van der Waals surface area contributed by atoms with Gasteiger partial charge in [0, 0.05) is 4.47 Å². The van der Waals surface area contributed by atoms with Gasteiger partial charge in [0.1, 0.15) is 5.82 Å². The third-order valence-electron chi connectivity index (χ3n) is 1.16. The Hall–Kier alpha value is -0.610. The van der Waals surface area contributed by atoms with E-state index < -0.39 is 5.37 Å². The average Bonchev–Trinajstić information content (AvgIpc) is 1.94. The number of carbonyl (C=O) groups excluding carboxylic acids is 1. The van der Waals surface area contributed by atoms with Gasteiger partial charge >= 0.3 is 5.37 Å². The minimum atomic E-state index is -0.706. The molecule has 0 aliphatic rings. The fraction of sp³-hybridized carbons (Fsp3) is 0. The monoisotopic (exact) mass is 251 g/mol. The van der Waals surface area contributed by atoms with Crippen molar-refractivity contribution >= 4 is 38.6 Å². The predicted octanol–water partition coefficient (Wildman–Crippen LogP) is 3.36. The molecule has 0 fully saturated rings. The van der Waals surface area contributed by atoms with E-state index >= 15 is 0 Å². The smallest absolute Gasteiger partial charge is 0.311 e. The molecular weight excluding hydrogens is 248 g/mol. The second-order valence-corrected chi connectivity index (χ2v) is 3.22. The molecule has 0 heterocycles. The minimum Gasteiger partial charge on any atom is -0.311 e. The normalized spacial score (nSPS) is 9.58. The summed E-state index contributed by atoms with van der Waals surface area (Å²) in [5.41, 5.74) is 0.441. The lowest BCUT2D eigenvalue weighted by atomic mass is 10.3. The molecule has 0 aromatic heterocycles. The summed E-state index contributed by atoms with van der Waals surface area (Å²) in [6, 6.07) is 3.88. The first-order valence-electron chi connectivity index (χ1n) is 3.01. The van der Waals surface area contributed by atoms with E-state index in [0.29, 0.717) is 10.2 Å². The van der Waals surface area contributed by atoms with Gasteiger partial charge < -0.3 is 5.32 Å². The number of nitrogens with one attached hydrogen (secondary N) is 1. The van der Waals surface area contributed by atoms with Gasteiger partial charge in [-0.2, -0.15) is 0 Å². The van der Waals surface area contributed by atoms with Crippen molar-refractivity contribution < 1.29 is 9.18 Å². The Kier molecular flexibility index (Phi) is 3.05. The summed E-state index contributed by atoms with van der Waals surface area (Å²) in [6.07, 6.45) is 0. The third-order valence-corrected chi connectivity index (χ3v) is 1.91. The van der Waals surface area contributed by atoms with Crippen LogP contribution >= 0.6 is 27.5 Å². The van der Waals surface area contributed by atoms with E-state index in [0.717, 1.165) is 0 Å². The number of anilines is 1. The summed E-state index contributed by atoms with van der Waals surface area (Å²) in [6.45, 7) is 0. The van der Waals surface area contributed by atoms with Crippen LogP contribution in [0.2, 0.25) is 0 Å². The molecule has 0 aliphatic heterocycles. The Labute approximate surface area is 81.8 Å².